The average molecular weight is 386 g/mol. The number of Topliss-reactive ketones (excluding diaryl/α,β-unsaturated/α-hetero) is 1. The van der Waals surface area contributed by atoms with E-state index < -0.39 is 0 Å². The van der Waals surface area contributed by atoms with Crippen LogP contribution in [0.15, 0.2) is 48.5 Å². The Morgan fingerprint density at radius 3 is 2.37 bits per heavy atom. The van der Waals surface area contributed by atoms with E-state index in [1.54, 1.807) is 24.3 Å². The zero-order valence-corrected chi connectivity index (χ0v) is 16.2. The van der Waals surface area contributed by atoms with E-state index in [0.717, 1.165) is 31.1 Å². The number of hydrogen-bond acceptors (Lipinski definition) is 3. The highest BCUT2D eigenvalue weighted by molar-refractivity contribution is 6.30. The van der Waals surface area contributed by atoms with Gasteiger partial charge in [-0.2, -0.15) is 0 Å². The summed E-state index contributed by atoms with van der Waals surface area (Å²) in [6, 6.07) is 14.8. The molecule has 27 heavy (non-hydrogen) atoms. The Balaban J connectivity index is 1.44. The number of amides is 2. The first-order valence-electron chi connectivity index (χ1n) is 9.15. The fraction of sp³-hybridized carbons (Fsp3) is 0.333. The highest BCUT2D eigenvalue weighted by atomic mass is 35.5. The first-order chi connectivity index (χ1) is 13.0. The molecule has 0 radical (unpaired) electrons. The molecule has 1 saturated heterocycles. The predicted octanol–water partition coefficient (Wildman–Crippen LogP) is 3.93. The molecule has 1 heterocycles. The van der Waals surface area contributed by atoms with E-state index in [4.69, 9.17) is 11.6 Å². The average Bonchev–Trinajstić information content (AvgIpc) is 2.67. The lowest BCUT2D eigenvalue weighted by Crippen LogP contribution is -2.50. The SMILES string of the molecule is CC(=O)c1ccc(NC(=O)N2CCN(CCc3cccc(Cl)c3)CC2)cc1. The number of nitrogens with zero attached hydrogens (tertiary/aromatic N) is 2. The van der Waals surface area contributed by atoms with E-state index in [1.165, 1.54) is 12.5 Å². The minimum atomic E-state index is -0.0972. The number of urea groups is 1. The molecule has 0 aliphatic carbocycles. The van der Waals surface area contributed by atoms with Crippen LogP contribution in [0, 0.1) is 0 Å². The normalized spacial score (nSPS) is 14.8. The molecule has 2 amide bonds. The molecule has 2 aromatic rings. The summed E-state index contributed by atoms with van der Waals surface area (Å²) in [5.41, 5.74) is 2.58. The van der Waals surface area contributed by atoms with Crippen LogP contribution in [0.25, 0.3) is 0 Å². The summed E-state index contributed by atoms with van der Waals surface area (Å²) >= 11 is 6.03. The van der Waals surface area contributed by atoms with Crippen LogP contribution in [0.3, 0.4) is 0 Å². The van der Waals surface area contributed by atoms with E-state index in [-0.39, 0.29) is 11.8 Å². The lowest BCUT2D eigenvalue weighted by atomic mass is 10.1. The van der Waals surface area contributed by atoms with Gasteiger partial charge in [0.2, 0.25) is 0 Å². The number of anilines is 1. The Bertz CT molecular complexity index is 799. The highest BCUT2D eigenvalue weighted by Crippen LogP contribution is 2.14. The van der Waals surface area contributed by atoms with Gasteiger partial charge in [-0.3, -0.25) is 9.69 Å². The smallest absolute Gasteiger partial charge is 0.321 e. The molecule has 0 spiro atoms. The molecule has 2 aromatic carbocycles. The van der Waals surface area contributed by atoms with Crippen molar-refractivity contribution < 1.29 is 9.59 Å². The molecule has 1 fully saturated rings. The Morgan fingerprint density at radius 2 is 1.74 bits per heavy atom. The van der Waals surface area contributed by atoms with E-state index >= 15 is 0 Å². The molecule has 6 heteroatoms. The van der Waals surface area contributed by atoms with Crippen LogP contribution < -0.4 is 5.32 Å². The zero-order valence-electron chi connectivity index (χ0n) is 15.5. The van der Waals surface area contributed by atoms with Crippen molar-refractivity contribution in [1.82, 2.24) is 9.80 Å². The van der Waals surface area contributed by atoms with Crippen molar-refractivity contribution in [3.05, 3.63) is 64.7 Å². The van der Waals surface area contributed by atoms with E-state index in [1.807, 2.05) is 23.1 Å². The Morgan fingerprint density at radius 1 is 1.04 bits per heavy atom. The van der Waals surface area contributed by atoms with Gasteiger partial charge in [-0.25, -0.2) is 4.79 Å². The molecular weight excluding hydrogens is 362 g/mol. The van der Waals surface area contributed by atoms with Gasteiger partial charge in [0.1, 0.15) is 0 Å². The molecule has 0 saturated carbocycles. The van der Waals surface area contributed by atoms with Crippen molar-refractivity contribution in [3.8, 4) is 0 Å². The summed E-state index contributed by atoms with van der Waals surface area (Å²) in [5.74, 6) is 0.0155. The molecule has 1 N–H and O–H groups in total. The maximum absolute atomic E-state index is 12.4. The predicted molar refractivity (Wildman–Crippen MR) is 109 cm³/mol. The summed E-state index contributed by atoms with van der Waals surface area (Å²) in [6.07, 6.45) is 0.954. The van der Waals surface area contributed by atoms with Gasteiger partial charge in [-0.1, -0.05) is 23.7 Å². The van der Waals surface area contributed by atoms with E-state index in [2.05, 4.69) is 16.3 Å². The summed E-state index contributed by atoms with van der Waals surface area (Å²) in [4.78, 5) is 27.9. The number of halogens is 1. The van der Waals surface area contributed by atoms with Crippen LogP contribution in [-0.2, 0) is 6.42 Å². The quantitative estimate of drug-likeness (QED) is 0.793. The van der Waals surface area contributed by atoms with Crippen molar-refractivity contribution in [1.29, 1.82) is 0 Å². The number of ketones is 1. The van der Waals surface area contributed by atoms with Gasteiger partial charge in [0.15, 0.2) is 5.78 Å². The van der Waals surface area contributed by atoms with Crippen molar-refractivity contribution in [3.63, 3.8) is 0 Å². The van der Waals surface area contributed by atoms with E-state index in [9.17, 15) is 9.59 Å². The maximum Gasteiger partial charge on any atom is 0.321 e. The summed E-state index contributed by atoms with van der Waals surface area (Å²) in [6.45, 7) is 5.61. The molecule has 0 aromatic heterocycles. The third-order valence-electron chi connectivity index (χ3n) is 4.81. The third kappa shape index (κ3) is 5.55. The standard InChI is InChI=1S/C21H24ClN3O2/c1-16(26)18-5-7-20(8-6-18)23-21(27)25-13-11-24(12-14-25)10-9-17-3-2-4-19(22)15-17/h2-8,15H,9-14H2,1H3,(H,23,27). The number of rotatable bonds is 5. The molecule has 1 aliphatic heterocycles. The number of piperazine rings is 1. The highest BCUT2D eigenvalue weighted by Gasteiger charge is 2.21. The molecule has 0 unspecified atom stereocenters. The second kappa shape index (κ2) is 9.02. The molecular formula is C21H24ClN3O2. The minimum Gasteiger partial charge on any atom is -0.322 e. The number of carbonyl (C=O) groups is 2. The Kier molecular flexibility index (Phi) is 6.48. The first kappa shape index (κ1) is 19.4. The molecule has 0 bridgehead atoms. The van der Waals surface area contributed by atoms with Crippen LogP contribution in [0.5, 0.6) is 0 Å². The molecule has 0 atom stereocenters. The first-order valence-corrected chi connectivity index (χ1v) is 9.53. The van der Waals surface area contributed by atoms with Crippen molar-refractivity contribution in [2.24, 2.45) is 0 Å². The lowest BCUT2D eigenvalue weighted by Gasteiger charge is -2.34. The van der Waals surface area contributed by atoms with E-state index in [0.29, 0.717) is 24.3 Å². The molecule has 142 valence electrons. The van der Waals surface area contributed by atoms with Crippen molar-refractivity contribution in [2.45, 2.75) is 13.3 Å². The second-order valence-electron chi connectivity index (χ2n) is 6.77. The largest absolute Gasteiger partial charge is 0.322 e. The van der Waals surface area contributed by atoms with Crippen LogP contribution in [0.4, 0.5) is 10.5 Å². The Labute approximate surface area is 164 Å². The van der Waals surface area contributed by atoms with Gasteiger partial charge in [0.05, 0.1) is 0 Å². The van der Waals surface area contributed by atoms with Gasteiger partial charge in [0.25, 0.3) is 0 Å². The number of benzene rings is 2. The maximum atomic E-state index is 12.4. The van der Waals surface area contributed by atoms with Crippen molar-refractivity contribution in [2.75, 3.05) is 38.0 Å². The van der Waals surface area contributed by atoms with Crippen molar-refractivity contribution >= 4 is 29.1 Å². The summed E-state index contributed by atoms with van der Waals surface area (Å²) in [7, 11) is 0. The van der Waals surface area contributed by atoms with Gasteiger partial charge in [0, 0.05) is 49.0 Å². The van der Waals surface area contributed by atoms with Gasteiger partial charge >= 0.3 is 6.03 Å². The fourth-order valence-corrected chi connectivity index (χ4v) is 3.36. The van der Waals surface area contributed by atoms with Crippen LogP contribution in [0.1, 0.15) is 22.8 Å². The third-order valence-corrected chi connectivity index (χ3v) is 5.04. The zero-order chi connectivity index (χ0) is 19.2. The van der Waals surface area contributed by atoms with Crippen LogP contribution in [-0.4, -0.2) is 54.3 Å². The lowest BCUT2D eigenvalue weighted by molar-refractivity contribution is 0.101. The van der Waals surface area contributed by atoms with Gasteiger partial charge < -0.3 is 10.2 Å². The van der Waals surface area contributed by atoms with Crippen LogP contribution >= 0.6 is 11.6 Å². The minimum absolute atomic E-state index is 0.0155. The summed E-state index contributed by atoms with van der Waals surface area (Å²) in [5, 5.41) is 3.67. The molecule has 1 aliphatic rings. The number of nitrogens with one attached hydrogen (secondary N) is 1. The topological polar surface area (TPSA) is 52.7 Å². The number of carbonyl (C=O) groups excluding carboxylic acids is 2. The van der Waals surface area contributed by atoms with Gasteiger partial charge in [-0.15, -0.1) is 0 Å². The van der Waals surface area contributed by atoms with Gasteiger partial charge in [-0.05, 0) is 55.3 Å². The second-order valence-corrected chi connectivity index (χ2v) is 7.21. The fourth-order valence-electron chi connectivity index (χ4n) is 3.15. The summed E-state index contributed by atoms with van der Waals surface area (Å²) < 4.78 is 0. The number of hydrogen-bond donors (Lipinski definition) is 1. The monoisotopic (exact) mass is 385 g/mol. The molecule has 3 rings (SSSR count). The van der Waals surface area contributed by atoms with Crippen LogP contribution in [0.2, 0.25) is 5.02 Å². The Hall–Kier alpha value is -2.37. The molecule has 5 nitrogen and oxygen atoms in total.